The van der Waals surface area contributed by atoms with Crippen LogP contribution in [-0.2, 0) is 0 Å². The van der Waals surface area contributed by atoms with Crippen molar-refractivity contribution >= 4 is 11.8 Å². The van der Waals surface area contributed by atoms with Gasteiger partial charge in [-0.1, -0.05) is 39.7 Å². The fourth-order valence-corrected chi connectivity index (χ4v) is 1.59. The Morgan fingerprint density at radius 2 is 2.08 bits per heavy atom. The van der Waals surface area contributed by atoms with Gasteiger partial charge >= 0.3 is 0 Å². The maximum atomic E-state index is 3.97. The van der Waals surface area contributed by atoms with Crippen LogP contribution >= 0.6 is 11.8 Å². The first-order valence-corrected chi connectivity index (χ1v) is 5.94. The average Bonchev–Trinajstić information content (AvgIpc) is 2.04. The molecule has 1 heteroatoms. The highest BCUT2D eigenvalue weighted by molar-refractivity contribution is 8.02. The largest absolute Gasteiger partial charge is 0.135 e. The van der Waals surface area contributed by atoms with Gasteiger partial charge in [-0.25, -0.2) is 0 Å². The van der Waals surface area contributed by atoms with E-state index in [2.05, 4.69) is 26.7 Å². The highest BCUT2D eigenvalue weighted by Crippen LogP contribution is 2.20. The van der Waals surface area contributed by atoms with Gasteiger partial charge in [0, 0.05) is 0 Å². The second-order valence-corrected chi connectivity index (χ2v) is 4.37. The topological polar surface area (TPSA) is 0 Å². The van der Waals surface area contributed by atoms with Crippen LogP contribution in [0.3, 0.4) is 0 Å². The van der Waals surface area contributed by atoms with E-state index in [0.717, 1.165) is 12.3 Å². The fraction of sp³-hybridized carbons (Fsp3) is 0.727. The third kappa shape index (κ3) is 6.78. The zero-order valence-electron chi connectivity index (χ0n) is 8.44. The molecule has 0 aromatic heterocycles. The Bertz CT molecular complexity index is 118. The van der Waals surface area contributed by atoms with Crippen molar-refractivity contribution in [2.75, 3.05) is 6.26 Å². The van der Waals surface area contributed by atoms with E-state index in [9.17, 15) is 0 Å². The maximum Gasteiger partial charge on any atom is -0.0140 e. The Morgan fingerprint density at radius 3 is 2.58 bits per heavy atom. The Morgan fingerprint density at radius 1 is 1.42 bits per heavy atom. The molecule has 0 fully saturated rings. The van der Waals surface area contributed by atoms with Crippen LogP contribution in [0, 0.1) is 12.8 Å². The molecule has 0 aliphatic carbocycles. The summed E-state index contributed by atoms with van der Waals surface area (Å²) in [6, 6.07) is 0. The van der Waals surface area contributed by atoms with E-state index >= 15 is 0 Å². The van der Waals surface area contributed by atoms with Crippen LogP contribution in [0.15, 0.2) is 11.5 Å². The van der Waals surface area contributed by atoms with Crippen LogP contribution in [0.2, 0.25) is 0 Å². The summed E-state index contributed by atoms with van der Waals surface area (Å²) in [6.45, 7) is 10.1. The van der Waals surface area contributed by atoms with Gasteiger partial charge in [0.25, 0.3) is 0 Å². The number of hydrogen-bond donors (Lipinski definition) is 0. The molecule has 12 heavy (non-hydrogen) atoms. The zero-order valence-corrected chi connectivity index (χ0v) is 9.25. The molecule has 0 heterocycles. The molecular formula is C11H21S. The quantitative estimate of drug-likeness (QED) is 0.570. The second-order valence-electron chi connectivity index (χ2n) is 3.38. The van der Waals surface area contributed by atoms with E-state index in [-0.39, 0.29) is 0 Å². The molecule has 1 unspecified atom stereocenters. The molecular weight excluding hydrogens is 164 g/mol. The van der Waals surface area contributed by atoms with E-state index in [1.165, 1.54) is 30.6 Å². The van der Waals surface area contributed by atoms with Crippen molar-refractivity contribution < 1.29 is 0 Å². The summed E-state index contributed by atoms with van der Waals surface area (Å²) in [4.78, 5) is 1.32. The lowest BCUT2D eigenvalue weighted by Gasteiger charge is -2.09. The van der Waals surface area contributed by atoms with Gasteiger partial charge in [0.2, 0.25) is 0 Å². The van der Waals surface area contributed by atoms with Crippen LogP contribution in [0.1, 0.15) is 39.0 Å². The number of hydrogen-bond acceptors (Lipinski definition) is 1. The van der Waals surface area contributed by atoms with Crippen molar-refractivity contribution in [1.82, 2.24) is 0 Å². The summed E-state index contributed by atoms with van der Waals surface area (Å²) >= 11 is 1.78. The molecule has 71 valence electrons. The fourth-order valence-electron chi connectivity index (χ4n) is 1.24. The van der Waals surface area contributed by atoms with E-state index < -0.39 is 0 Å². The molecule has 0 N–H and O–H groups in total. The minimum absolute atomic E-state index is 0.845. The SMILES string of the molecule is [CH2]CCC(C)CCCC(=C)SC. The average molecular weight is 185 g/mol. The van der Waals surface area contributed by atoms with Crippen molar-refractivity contribution in [1.29, 1.82) is 0 Å². The second kappa shape index (κ2) is 7.72. The van der Waals surface area contributed by atoms with Gasteiger partial charge in [-0.05, 0) is 29.9 Å². The lowest BCUT2D eigenvalue weighted by Crippen LogP contribution is -1.93. The number of allylic oxidation sites excluding steroid dienone is 1. The van der Waals surface area contributed by atoms with E-state index in [1.807, 2.05) is 0 Å². The summed E-state index contributed by atoms with van der Waals surface area (Å²) in [7, 11) is 0. The van der Waals surface area contributed by atoms with Crippen LogP contribution in [-0.4, -0.2) is 6.26 Å². The molecule has 1 radical (unpaired) electrons. The van der Waals surface area contributed by atoms with E-state index in [0.29, 0.717) is 0 Å². The van der Waals surface area contributed by atoms with Gasteiger partial charge in [-0.3, -0.25) is 0 Å². The first-order chi connectivity index (χ1) is 5.70. The maximum absolute atomic E-state index is 3.97. The Balaban J connectivity index is 3.24. The van der Waals surface area contributed by atoms with Gasteiger partial charge in [-0.2, -0.15) is 0 Å². The lowest BCUT2D eigenvalue weighted by atomic mass is 9.99. The molecule has 0 nitrogen and oxygen atoms in total. The first-order valence-electron chi connectivity index (χ1n) is 4.71. The summed E-state index contributed by atoms with van der Waals surface area (Å²) in [5.41, 5.74) is 0. The molecule has 1 atom stereocenters. The van der Waals surface area contributed by atoms with E-state index in [4.69, 9.17) is 0 Å². The van der Waals surface area contributed by atoms with Crippen LogP contribution < -0.4 is 0 Å². The molecule has 0 rings (SSSR count). The van der Waals surface area contributed by atoms with E-state index in [1.54, 1.807) is 11.8 Å². The molecule has 0 saturated carbocycles. The standard InChI is InChI=1S/C11H21S/c1-5-7-10(2)8-6-9-11(3)12-4/h10H,1,3,5-9H2,2,4H3. The monoisotopic (exact) mass is 185 g/mol. The van der Waals surface area contributed by atoms with Crippen LogP contribution in [0.25, 0.3) is 0 Å². The minimum Gasteiger partial charge on any atom is -0.135 e. The summed E-state index contributed by atoms with van der Waals surface area (Å²) in [5, 5.41) is 0. The van der Waals surface area contributed by atoms with Crippen molar-refractivity contribution in [3.63, 3.8) is 0 Å². The van der Waals surface area contributed by atoms with Gasteiger partial charge in [0.05, 0.1) is 0 Å². The summed E-state index contributed by atoms with van der Waals surface area (Å²) in [6.07, 6.45) is 8.25. The Labute approximate surface area is 81.8 Å². The van der Waals surface area contributed by atoms with Crippen LogP contribution in [0.5, 0.6) is 0 Å². The summed E-state index contributed by atoms with van der Waals surface area (Å²) in [5.74, 6) is 0.845. The van der Waals surface area contributed by atoms with Crippen molar-refractivity contribution in [3.05, 3.63) is 18.4 Å². The Kier molecular flexibility index (Phi) is 7.78. The number of rotatable bonds is 7. The molecule has 0 aromatic carbocycles. The molecule has 0 aliphatic rings. The Hall–Kier alpha value is 0.0900. The van der Waals surface area contributed by atoms with Gasteiger partial charge in [-0.15, -0.1) is 11.8 Å². The van der Waals surface area contributed by atoms with Crippen molar-refractivity contribution in [3.8, 4) is 0 Å². The van der Waals surface area contributed by atoms with Gasteiger partial charge in [0.15, 0.2) is 0 Å². The highest BCUT2D eigenvalue weighted by Gasteiger charge is 2.00. The number of thioether (sulfide) groups is 1. The predicted molar refractivity (Wildman–Crippen MR) is 60.3 cm³/mol. The van der Waals surface area contributed by atoms with Crippen molar-refractivity contribution in [2.45, 2.75) is 39.0 Å². The smallest absolute Gasteiger partial charge is 0.0140 e. The molecule has 0 spiro atoms. The van der Waals surface area contributed by atoms with Gasteiger partial charge in [0.1, 0.15) is 0 Å². The minimum atomic E-state index is 0.845. The highest BCUT2D eigenvalue weighted by atomic mass is 32.2. The molecule has 0 aromatic rings. The first kappa shape index (κ1) is 12.1. The molecule has 0 amide bonds. The third-order valence-corrected chi connectivity index (χ3v) is 2.92. The predicted octanol–water partition coefficient (Wildman–Crippen LogP) is 4.28. The van der Waals surface area contributed by atoms with Gasteiger partial charge < -0.3 is 0 Å². The zero-order chi connectivity index (χ0) is 9.40. The third-order valence-electron chi connectivity index (χ3n) is 2.14. The molecule has 0 bridgehead atoms. The van der Waals surface area contributed by atoms with Crippen LogP contribution in [0.4, 0.5) is 0 Å². The lowest BCUT2D eigenvalue weighted by molar-refractivity contribution is 0.480. The summed E-state index contributed by atoms with van der Waals surface area (Å²) < 4.78 is 0. The normalized spacial score (nSPS) is 12.9. The van der Waals surface area contributed by atoms with Crippen molar-refractivity contribution in [2.24, 2.45) is 5.92 Å². The molecule has 0 aliphatic heterocycles. The molecule has 0 saturated heterocycles.